The van der Waals surface area contributed by atoms with Crippen LogP contribution in [0.25, 0.3) is 10.2 Å². The molecule has 0 aliphatic heterocycles. The lowest BCUT2D eigenvalue weighted by atomic mass is 10.0. The zero-order chi connectivity index (χ0) is 24.5. The smallest absolute Gasteiger partial charge is 0.325 e. The number of rotatable bonds is 8. The molecule has 9 nitrogen and oxygen atoms in total. The summed E-state index contributed by atoms with van der Waals surface area (Å²) in [5.74, 6) is -2.31. The maximum Gasteiger partial charge on any atom is 0.330 e. The Morgan fingerprint density at radius 1 is 1.18 bits per heavy atom. The summed E-state index contributed by atoms with van der Waals surface area (Å²) in [6, 6.07) is 5.23. The second-order valence-corrected chi connectivity index (χ2v) is 10.2. The van der Waals surface area contributed by atoms with E-state index in [4.69, 9.17) is 0 Å². The number of aromatic nitrogens is 1. The second-order valence-electron chi connectivity index (χ2n) is 7.91. The van der Waals surface area contributed by atoms with Gasteiger partial charge < -0.3 is 10.2 Å². The van der Waals surface area contributed by atoms with Crippen LogP contribution in [0.4, 0.5) is 19.3 Å². The number of carbonyl (C=O) groups is 2. The Hall–Kier alpha value is -3.16. The first kappa shape index (κ1) is 24.0. The molecule has 1 aliphatic rings. The fraction of sp³-hybridized carbons (Fsp3) is 0.286. The monoisotopic (exact) mass is 509 g/mol. The van der Waals surface area contributed by atoms with Gasteiger partial charge in [0.2, 0.25) is 5.91 Å². The van der Waals surface area contributed by atoms with E-state index in [-0.39, 0.29) is 18.0 Å². The number of benzene rings is 2. The van der Waals surface area contributed by atoms with E-state index in [0.29, 0.717) is 30.1 Å². The predicted molar refractivity (Wildman–Crippen MR) is 124 cm³/mol. The molecule has 0 unspecified atom stereocenters. The average molecular weight is 510 g/mol. The number of hydrogen-bond donors (Lipinski definition) is 3. The number of nitrogens with zero attached hydrogens (tertiary/aromatic N) is 2. The largest absolute Gasteiger partial charge is 0.330 e. The number of urea groups is 1. The van der Waals surface area contributed by atoms with E-state index in [9.17, 15) is 26.8 Å². The Bertz CT molecular complexity index is 1320. The molecule has 2 aromatic carbocycles. The van der Waals surface area contributed by atoms with Crippen LogP contribution in [0.15, 0.2) is 41.9 Å². The fourth-order valence-electron chi connectivity index (χ4n) is 3.34. The number of thiazole rings is 1. The van der Waals surface area contributed by atoms with Crippen molar-refractivity contribution in [1.29, 1.82) is 0 Å². The molecule has 3 aromatic rings. The summed E-state index contributed by atoms with van der Waals surface area (Å²) in [6.07, 6.45) is 1.06. The third kappa shape index (κ3) is 6.04. The molecule has 1 heterocycles. The summed E-state index contributed by atoms with van der Waals surface area (Å²) < 4.78 is 56.5. The predicted octanol–water partition coefficient (Wildman–Crippen LogP) is 2.44. The molecule has 3 amide bonds. The first-order chi connectivity index (χ1) is 16.1. The van der Waals surface area contributed by atoms with E-state index < -0.39 is 39.8 Å². The highest BCUT2D eigenvalue weighted by Crippen LogP contribution is 2.24. The van der Waals surface area contributed by atoms with Crippen LogP contribution in [0.5, 0.6) is 0 Å². The number of halogens is 2. The minimum Gasteiger partial charge on any atom is -0.325 e. The van der Waals surface area contributed by atoms with Gasteiger partial charge in [-0.05, 0) is 48.7 Å². The Morgan fingerprint density at radius 3 is 2.56 bits per heavy atom. The molecule has 180 valence electrons. The van der Waals surface area contributed by atoms with Gasteiger partial charge in [-0.3, -0.25) is 4.79 Å². The van der Waals surface area contributed by atoms with Gasteiger partial charge in [0.05, 0.1) is 15.7 Å². The normalized spacial score (nSPS) is 14.6. The van der Waals surface area contributed by atoms with Gasteiger partial charge in [0, 0.05) is 31.3 Å². The van der Waals surface area contributed by atoms with Crippen LogP contribution in [0.2, 0.25) is 0 Å². The highest BCUT2D eigenvalue weighted by Gasteiger charge is 2.30. The van der Waals surface area contributed by atoms with Crippen LogP contribution < -0.4 is 19.7 Å². The lowest BCUT2D eigenvalue weighted by molar-refractivity contribution is -0.120. The molecule has 13 heteroatoms. The summed E-state index contributed by atoms with van der Waals surface area (Å²) in [7, 11) is -2.66. The van der Waals surface area contributed by atoms with Crippen LogP contribution in [0.3, 0.4) is 0 Å². The molecule has 4 rings (SSSR count). The van der Waals surface area contributed by atoms with Gasteiger partial charge in [-0.15, -0.1) is 11.3 Å². The molecule has 1 aliphatic carbocycles. The first-order valence-electron chi connectivity index (χ1n) is 10.3. The number of fused-ring (bicyclic) bond motifs is 1. The minimum absolute atomic E-state index is 0.110. The highest BCUT2D eigenvalue weighted by atomic mass is 32.2. The summed E-state index contributed by atoms with van der Waals surface area (Å²) >= 11 is 1.44. The zero-order valence-corrected chi connectivity index (χ0v) is 19.6. The number of nitrogens with one attached hydrogen (secondary N) is 3. The van der Waals surface area contributed by atoms with E-state index >= 15 is 0 Å². The van der Waals surface area contributed by atoms with Gasteiger partial charge in [-0.2, -0.15) is 13.1 Å². The Balaban J connectivity index is 1.56. The van der Waals surface area contributed by atoms with Crippen molar-refractivity contribution in [2.24, 2.45) is 0 Å². The van der Waals surface area contributed by atoms with Gasteiger partial charge in [0.1, 0.15) is 17.7 Å². The van der Waals surface area contributed by atoms with E-state index in [1.54, 1.807) is 28.4 Å². The van der Waals surface area contributed by atoms with Crippen LogP contribution >= 0.6 is 11.3 Å². The molecule has 34 heavy (non-hydrogen) atoms. The molecule has 0 saturated heterocycles. The highest BCUT2D eigenvalue weighted by molar-refractivity contribution is 7.88. The number of anilines is 1. The molecule has 0 radical (unpaired) electrons. The SMILES string of the molecule is CN(C(=O)[C@H](Cc1cc(F)cc(F)c1)NC(=O)NS(=O)(=O)NC1CC1)c1ccc2scnc2c1. The van der Waals surface area contributed by atoms with Gasteiger partial charge in [-0.25, -0.2) is 23.3 Å². The Kier molecular flexibility index (Phi) is 6.77. The van der Waals surface area contributed by atoms with Crippen molar-refractivity contribution in [3.8, 4) is 0 Å². The quantitative estimate of drug-likeness (QED) is 0.431. The zero-order valence-electron chi connectivity index (χ0n) is 17.9. The van der Waals surface area contributed by atoms with Crippen molar-refractivity contribution in [3.05, 3.63) is 59.1 Å². The number of likely N-dealkylation sites (N-methyl/N-ethyl adjacent to an activating group) is 1. The second kappa shape index (κ2) is 9.60. The molecule has 1 saturated carbocycles. The van der Waals surface area contributed by atoms with E-state index in [1.807, 2.05) is 0 Å². The standard InChI is InChI=1S/C21H21F2N5O4S2/c1-28(16-4-5-19-17(10-16)24-11-33-19)20(29)18(8-12-6-13(22)9-14(23)7-12)25-21(30)27-34(31,32)26-15-2-3-15/h4-7,9-11,15,18,26H,2-3,8H2,1H3,(H2,25,27,30)/t18-/m0/s1. The summed E-state index contributed by atoms with van der Waals surface area (Å²) in [5.41, 5.74) is 2.93. The van der Waals surface area contributed by atoms with Crippen molar-refractivity contribution < 1.29 is 26.8 Å². The molecule has 1 atom stereocenters. The average Bonchev–Trinajstić information content (AvgIpc) is 3.42. The van der Waals surface area contributed by atoms with Crippen molar-refractivity contribution in [2.45, 2.75) is 31.3 Å². The van der Waals surface area contributed by atoms with Crippen LogP contribution in [-0.2, 0) is 21.4 Å². The van der Waals surface area contributed by atoms with Crippen molar-refractivity contribution in [2.75, 3.05) is 11.9 Å². The van der Waals surface area contributed by atoms with Crippen LogP contribution in [-0.4, -0.2) is 44.5 Å². The third-order valence-corrected chi connectivity index (χ3v) is 7.03. The van der Waals surface area contributed by atoms with Gasteiger partial charge in [0.25, 0.3) is 0 Å². The van der Waals surface area contributed by atoms with Crippen LogP contribution in [0, 0.1) is 11.6 Å². The van der Waals surface area contributed by atoms with Gasteiger partial charge in [0.15, 0.2) is 0 Å². The van der Waals surface area contributed by atoms with E-state index in [0.717, 1.165) is 16.8 Å². The molecular formula is C21H21F2N5O4S2. The summed E-state index contributed by atoms with van der Waals surface area (Å²) in [4.78, 5) is 31.2. The van der Waals surface area contributed by atoms with Crippen molar-refractivity contribution in [1.82, 2.24) is 19.7 Å². The van der Waals surface area contributed by atoms with Crippen LogP contribution in [0.1, 0.15) is 18.4 Å². The lowest BCUT2D eigenvalue weighted by Gasteiger charge is -2.25. The lowest BCUT2D eigenvalue weighted by Crippen LogP contribution is -2.54. The number of hydrogen-bond acceptors (Lipinski definition) is 6. The van der Waals surface area contributed by atoms with E-state index in [2.05, 4.69) is 15.0 Å². The van der Waals surface area contributed by atoms with Gasteiger partial charge >= 0.3 is 16.2 Å². The minimum atomic E-state index is -4.13. The Morgan fingerprint density at radius 2 is 1.88 bits per heavy atom. The fourth-order valence-corrected chi connectivity index (χ4v) is 5.04. The third-order valence-electron chi connectivity index (χ3n) is 5.12. The molecular weight excluding hydrogens is 488 g/mol. The van der Waals surface area contributed by atoms with Crippen molar-refractivity contribution >= 4 is 49.4 Å². The maximum absolute atomic E-state index is 13.7. The Labute approximate surface area is 198 Å². The van der Waals surface area contributed by atoms with Gasteiger partial charge in [-0.1, -0.05) is 0 Å². The molecule has 0 bridgehead atoms. The molecule has 3 N–H and O–H groups in total. The molecule has 0 spiro atoms. The topological polar surface area (TPSA) is 121 Å². The number of carbonyl (C=O) groups excluding carboxylic acids is 2. The summed E-state index contributed by atoms with van der Waals surface area (Å²) in [6.45, 7) is 0. The summed E-state index contributed by atoms with van der Waals surface area (Å²) in [5, 5.41) is 2.32. The van der Waals surface area contributed by atoms with E-state index in [1.165, 1.54) is 23.3 Å². The maximum atomic E-state index is 13.7. The van der Waals surface area contributed by atoms with Crippen molar-refractivity contribution in [3.63, 3.8) is 0 Å². The number of amides is 3. The molecule has 1 aromatic heterocycles. The first-order valence-corrected chi connectivity index (χ1v) is 12.6. The molecule has 1 fully saturated rings.